The Bertz CT molecular complexity index is 889. The highest BCUT2D eigenvalue weighted by Crippen LogP contribution is 2.36. The largest absolute Gasteiger partial charge is 0.486 e. The molecule has 3 aromatic rings. The number of likely N-dealkylation sites (tertiary alicyclic amines) is 1. The summed E-state index contributed by atoms with van der Waals surface area (Å²) in [4.78, 5) is 13.5. The van der Waals surface area contributed by atoms with Gasteiger partial charge in [0.25, 0.3) is 6.43 Å². The molecule has 3 aromatic heterocycles. The van der Waals surface area contributed by atoms with Crippen molar-refractivity contribution in [2.45, 2.75) is 25.4 Å². The Balaban J connectivity index is 1.60. The number of fused-ring (bicyclic) bond motifs is 3. The molecule has 1 aliphatic rings. The summed E-state index contributed by atoms with van der Waals surface area (Å²) < 4.78 is 31.2. The number of hydrogen-bond acceptors (Lipinski definition) is 5. The normalized spacial score (nSPS) is 16.9. The second-order valence-electron chi connectivity index (χ2n) is 6.29. The summed E-state index contributed by atoms with van der Waals surface area (Å²) in [6, 6.07) is 3.82. The van der Waals surface area contributed by atoms with Crippen LogP contribution in [-0.4, -0.2) is 52.0 Å². The van der Waals surface area contributed by atoms with Gasteiger partial charge < -0.3 is 15.5 Å². The second-order valence-corrected chi connectivity index (χ2v) is 6.29. The number of aromatic amines is 1. The monoisotopic (exact) mass is 347 g/mol. The Morgan fingerprint density at radius 2 is 2.12 bits per heavy atom. The Kier molecular flexibility index (Phi) is 4.12. The molecule has 0 atom stereocenters. The lowest BCUT2D eigenvalue weighted by Gasteiger charge is -2.32. The van der Waals surface area contributed by atoms with Gasteiger partial charge in [-0.1, -0.05) is 0 Å². The molecule has 0 bridgehead atoms. The van der Waals surface area contributed by atoms with Crippen LogP contribution in [0.4, 0.5) is 14.6 Å². The lowest BCUT2D eigenvalue weighted by molar-refractivity contribution is 0.0484. The minimum atomic E-state index is -2.30. The van der Waals surface area contributed by atoms with Crippen LogP contribution >= 0.6 is 0 Å². The molecule has 1 aliphatic heterocycles. The fraction of sp³-hybridized carbons (Fsp3) is 0.412. The van der Waals surface area contributed by atoms with E-state index in [9.17, 15) is 8.78 Å². The summed E-state index contributed by atoms with van der Waals surface area (Å²) in [7, 11) is 0. The van der Waals surface area contributed by atoms with E-state index in [1.54, 1.807) is 17.3 Å². The highest BCUT2D eigenvalue weighted by molar-refractivity contribution is 6.10. The minimum absolute atomic E-state index is 0.0646. The van der Waals surface area contributed by atoms with Crippen LogP contribution in [0, 0.1) is 0 Å². The number of aromatic nitrogens is 3. The standard InChI is InChI=1S/C17H19F2N5O/c18-13(19)9-24-6-3-10(4-7-24)25-15-14-11-2-1-5-21-17(11)23-12(14)8-22-16(15)20/h1-2,5,8,10,13H,3-4,6-7,9H2,(H2,20,22)(H,21,23). The number of halogens is 2. The number of piperidine rings is 1. The first-order valence-electron chi connectivity index (χ1n) is 8.30. The van der Waals surface area contributed by atoms with Crippen molar-refractivity contribution in [2.75, 3.05) is 25.4 Å². The lowest BCUT2D eigenvalue weighted by atomic mass is 10.1. The van der Waals surface area contributed by atoms with Gasteiger partial charge in [0.2, 0.25) is 0 Å². The maximum absolute atomic E-state index is 12.5. The minimum Gasteiger partial charge on any atom is -0.486 e. The number of nitrogens with zero attached hydrogens (tertiary/aromatic N) is 3. The van der Waals surface area contributed by atoms with E-state index in [1.165, 1.54) is 0 Å². The van der Waals surface area contributed by atoms with Gasteiger partial charge >= 0.3 is 0 Å². The first-order chi connectivity index (χ1) is 12.1. The zero-order valence-corrected chi connectivity index (χ0v) is 13.6. The van der Waals surface area contributed by atoms with E-state index < -0.39 is 6.43 Å². The van der Waals surface area contributed by atoms with E-state index in [4.69, 9.17) is 10.5 Å². The van der Waals surface area contributed by atoms with E-state index in [0.29, 0.717) is 37.5 Å². The van der Waals surface area contributed by atoms with E-state index in [1.807, 2.05) is 12.1 Å². The predicted molar refractivity (Wildman–Crippen MR) is 91.9 cm³/mol. The number of alkyl halides is 2. The molecule has 4 heterocycles. The van der Waals surface area contributed by atoms with Crippen LogP contribution < -0.4 is 10.5 Å². The van der Waals surface area contributed by atoms with Crippen molar-refractivity contribution in [3.63, 3.8) is 0 Å². The van der Waals surface area contributed by atoms with Crippen LogP contribution in [0.2, 0.25) is 0 Å². The molecular weight excluding hydrogens is 328 g/mol. The average molecular weight is 347 g/mol. The van der Waals surface area contributed by atoms with Gasteiger partial charge in [0.1, 0.15) is 11.8 Å². The van der Waals surface area contributed by atoms with Gasteiger partial charge in [-0.15, -0.1) is 0 Å². The van der Waals surface area contributed by atoms with Crippen LogP contribution in [0.15, 0.2) is 24.5 Å². The summed E-state index contributed by atoms with van der Waals surface area (Å²) in [5.74, 6) is 0.872. The number of hydrogen-bond donors (Lipinski definition) is 2. The molecule has 0 aliphatic carbocycles. The Hall–Kier alpha value is -2.48. The zero-order valence-electron chi connectivity index (χ0n) is 13.6. The molecule has 1 saturated heterocycles. The first kappa shape index (κ1) is 16.0. The van der Waals surface area contributed by atoms with Crippen molar-refractivity contribution in [3.05, 3.63) is 24.5 Å². The molecule has 0 spiro atoms. The van der Waals surface area contributed by atoms with Crippen molar-refractivity contribution in [1.29, 1.82) is 0 Å². The molecule has 0 saturated carbocycles. The SMILES string of the molecule is Nc1ncc2[nH]c3ncccc3c2c1OC1CCN(CC(F)F)CC1. The third-order valence-corrected chi connectivity index (χ3v) is 4.61. The molecule has 8 heteroatoms. The van der Waals surface area contributed by atoms with Crippen molar-refractivity contribution in [1.82, 2.24) is 19.9 Å². The zero-order chi connectivity index (χ0) is 17.4. The molecule has 25 heavy (non-hydrogen) atoms. The number of pyridine rings is 2. The fourth-order valence-electron chi connectivity index (χ4n) is 3.39. The summed E-state index contributed by atoms with van der Waals surface area (Å²) in [5, 5.41) is 1.79. The third-order valence-electron chi connectivity index (χ3n) is 4.61. The first-order valence-corrected chi connectivity index (χ1v) is 8.30. The topological polar surface area (TPSA) is 80.1 Å². The van der Waals surface area contributed by atoms with Crippen LogP contribution in [0.3, 0.4) is 0 Å². The van der Waals surface area contributed by atoms with Gasteiger partial charge in [0, 0.05) is 24.7 Å². The van der Waals surface area contributed by atoms with Crippen molar-refractivity contribution >= 4 is 27.8 Å². The van der Waals surface area contributed by atoms with Crippen LogP contribution in [-0.2, 0) is 0 Å². The molecular formula is C17H19F2N5O. The van der Waals surface area contributed by atoms with E-state index >= 15 is 0 Å². The van der Waals surface area contributed by atoms with Crippen molar-refractivity contribution in [3.8, 4) is 5.75 Å². The van der Waals surface area contributed by atoms with Gasteiger partial charge in [0.05, 0.1) is 23.6 Å². The van der Waals surface area contributed by atoms with Gasteiger partial charge in [0.15, 0.2) is 11.6 Å². The number of nitrogens with two attached hydrogens (primary N) is 1. The molecule has 132 valence electrons. The van der Waals surface area contributed by atoms with Crippen LogP contribution in [0.5, 0.6) is 5.75 Å². The predicted octanol–water partition coefficient (Wildman–Crippen LogP) is 2.80. The Morgan fingerprint density at radius 3 is 2.88 bits per heavy atom. The molecule has 4 rings (SSSR count). The van der Waals surface area contributed by atoms with Gasteiger partial charge in [-0.2, -0.15) is 0 Å². The fourth-order valence-corrected chi connectivity index (χ4v) is 3.39. The molecule has 0 aromatic carbocycles. The smallest absolute Gasteiger partial charge is 0.251 e. The number of nitrogens with one attached hydrogen (secondary N) is 1. The van der Waals surface area contributed by atoms with Gasteiger partial charge in [-0.05, 0) is 25.0 Å². The highest BCUT2D eigenvalue weighted by atomic mass is 19.3. The molecule has 6 nitrogen and oxygen atoms in total. The van der Waals surface area contributed by atoms with Crippen molar-refractivity contribution < 1.29 is 13.5 Å². The Morgan fingerprint density at radius 1 is 1.32 bits per heavy atom. The average Bonchev–Trinajstić information content (AvgIpc) is 2.97. The molecule has 1 fully saturated rings. The number of ether oxygens (including phenoxy) is 1. The third kappa shape index (κ3) is 3.09. The quantitative estimate of drug-likeness (QED) is 0.759. The van der Waals surface area contributed by atoms with Crippen LogP contribution in [0.25, 0.3) is 21.9 Å². The Labute approximate surface area is 143 Å². The number of anilines is 1. The summed E-state index contributed by atoms with van der Waals surface area (Å²) >= 11 is 0. The maximum Gasteiger partial charge on any atom is 0.251 e. The van der Waals surface area contributed by atoms with E-state index in [0.717, 1.165) is 21.9 Å². The van der Waals surface area contributed by atoms with E-state index in [-0.39, 0.29) is 12.6 Å². The van der Waals surface area contributed by atoms with Crippen molar-refractivity contribution in [2.24, 2.45) is 0 Å². The lowest BCUT2D eigenvalue weighted by Crippen LogP contribution is -2.40. The molecule has 0 unspecified atom stereocenters. The van der Waals surface area contributed by atoms with Gasteiger partial charge in [-0.25, -0.2) is 18.7 Å². The number of rotatable bonds is 4. The molecule has 0 radical (unpaired) electrons. The summed E-state index contributed by atoms with van der Waals surface area (Å²) in [6.07, 6.45) is 2.39. The molecule has 0 amide bonds. The number of nitrogen functional groups attached to an aromatic ring is 1. The van der Waals surface area contributed by atoms with Gasteiger partial charge in [-0.3, -0.25) is 4.90 Å². The van der Waals surface area contributed by atoms with Crippen LogP contribution in [0.1, 0.15) is 12.8 Å². The second kappa shape index (κ2) is 6.44. The summed E-state index contributed by atoms with van der Waals surface area (Å²) in [5.41, 5.74) is 7.63. The van der Waals surface area contributed by atoms with E-state index in [2.05, 4.69) is 15.0 Å². The molecule has 3 N–H and O–H groups in total. The highest BCUT2D eigenvalue weighted by Gasteiger charge is 2.24. The summed E-state index contributed by atoms with van der Waals surface area (Å²) in [6.45, 7) is 1.00. The maximum atomic E-state index is 12.5. The number of H-pyrrole nitrogens is 1.